The van der Waals surface area contributed by atoms with Gasteiger partial charge in [-0.3, -0.25) is 14.6 Å². The Hall–Kier alpha value is -2.99. The summed E-state index contributed by atoms with van der Waals surface area (Å²) in [6.45, 7) is 5.69. The summed E-state index contributed by atoms with van der Waals surface area (Å²) in [5.74, 6) is 0.120. The SMILES string of the molecule is CC(C)c1cc(C(=O)N2CCNC(=O)[C@@H](Cc3ccccc3-c3ccncc3)C2)cs1. The first-order valence-corrected chi connectivity index (χ1v) is 11.5. The lowest BCUT2D eigenvalue weighted by molar-refractivity contribution is -0.124. The minimum atomic E-state index is -0.294. The van der Waals surface area contributed by atoms with Gasteiger partial charge < -0.3 is 10.2 Å². The molecule has 0 aliphatic carbocycles. The third-order valence-corrected chi connectivity index (χ3v) is 6.92. The standard InChI is InChI=1S/C25H27N3O2S/c1-17(2)23-14-21(16-31-23)25(30)28-12-11-27-24(29)20(15-28)13-19-5-3-4-6-22(19)18-7-9-26-10-8-18/h3-10,14,16-17,20H,11-13,15H2,1-2H3,(H,27,29)/t20-/m0/s1. The maximum Gasteiger partial charge on any atom is 0.254 e. The largest absolute Gasteiger partial charge is 0.354 e. The van der Waals surface area contributed by atoms with Crippen molar-refractivity contribution in [2.24, 2.45) is 5.92 Å². The highest BCUT2D eigenvalue weighted by Gasteiger charge is 2.29. The van der Waals surface area contributed by atoms with Gasteiger partial charge in [0.25, 0.3) is 5.91 Å². The number of pyridine rings is 1. The fourth-order valence-corrected chi connectivity index (χ4v) is 4.87. The van der Waals surface area contributed by atoms with Crippen molar-refractivity contribution in [3.05, 3.63) is 76.2 Å². The zero-order valence-electron chi connectivity index (χ0n) is 17.9. The normalized spacial score (nSPS) is 16.8. The van der Waals surface area contributed by atoms with Crippen LogP contribution in [0.3, 0.4) is 0 Å². The lowest BCUT2D eigenvalue weighted by Crippen LogP contribution is -2.37. The van der Waals surface area contributed by atoms with Crippen LogP contribution in [0.1, 0.15) is 40.6 Å². The zero-order valence-corrected chi connectivity index (χ0v) is 18.7. The molecule has 3 heterocycles. The second kappa shape index (κ2) is 9.43. The van der Waals surface area contributed by atoms with Crippen LogP contribution in [0.4, 0.5) is 0 Å². The van der Waals surface area contributed by atoms with Crippen LogP contribution in [0.15, 0.2) is 60.2 Å². The summed E-state index contributed by atoms with van der Waals surface area (Å²) in [5, 5.41) is 4.93. The van der Waals surface area contributed by atoms with Gasteiger partial charge in [0.15, 0.2) is 0 Å². The number of aromatic nitrogens is 1. The molecule has 1 N–H and O–H groups in total. The van der Waals surface area contributed by atoms with Gasteiger partial charge in [0.2, 0.25) is 5.91 Å². The van der Waals surface area contributed by atoms with Gasteiger partial charge in [-0.1, -0.05) is 38.1 Å². The van der Waals surface area contributed by atoms with Crippen molar-refractivity contribution in [1.82, 2.24) is 15.2 Å². The van der Waals surface area contributed by atoms with E-state index in [-0.39, 0.29) is 17.7 Å². The van der Waals surface area contributed by atoms with E-state index in [0.717, 1.165) is 22.3 Å². The number of rotatable bonds is 5. The number of nitrogens with one attached hydrogen (secondary N) is 1. The molecule has 1 aromatic carbocycles. The van der Waals surface area contributed by atoms with Crippen LogP contribution in [-0.2, 0) is 11.2 Å². The van der Waals surface area contributed by atoms with Crippen LogP contribution >= 0.6 is 11.3 Å². The van der Waals surface area contributed by atoms with Crippen LogP contribution < -0.4 is 5.32 Å². The third-order valence-electron chi connectivity index (χ3n) is 5.69. The minimum absolute atomic E-state index is 0.00655. The average molecular weight is 434 g/mol. The summed E-state index contributed by atoms with van der Waals surface area (Å²) in [6, 6.07) is 14.1. The van der Waals surface area contributed by atoms with Gasteiger partial charge in [0.05, 0.1) is 11.5 Å². The van der Waals surface area contributed by atoms with E-state index in [9.17, 15) is 9.59 Å². The Balaban J connectivity index is 1.56. The van der Waals surface area contributed by atoms with Crippen molar-refractivity contribution >= 4 is 23.2 Å². The second-order valence-electron chi connectivity index (χ2n) is 8.23. The number of carbonyl (C=O) groups excluding carboxylic acids is 2. The lowest BCUT2D eigenvalue weighted by Gasteiger charge is -2.23. The zero-order chi connectivity index (χ0) is 21.8. The van der Waals surface area contributed by atoms with Gasteiger partial charge in [-0.05, 0) is 47.2 Å². The molecule has 4 rings (SSSR count). The van der Waals surface area contributed by atoms with Gasteiger partial charge >= 0.3 is 0 Å². The van der Waals surface area contributed by atoms with Crippen LogP contribution in [0.2, 0.25) is 0 Å². The Labute approximate surface area is 187 Å². The molecule has 0 unspecified atom stereocenters. The van der Waals surface area contributed by atoms with Crippen molar-refractivity contribution in [2.45, 2.75) is 26.2 Å². The Morgan fingerprint density at radius 2 is 2.00 bits per heavy atom. The Morgan fingerprint density at radius 1 is 1.23 bits per heavy atom. The molecule has 1 aliphatic heterocycles. The third kappa shape index (κ3) is 4.85. The second-order valence-corrected chi connectivity index (χ2v) is 9.17. The smallest absolute Gasteiger partial charge is 0.254 e. The number of benzene rings is 1. The summed E-state index contributed by atoms with van der Waals surface area (Å²) in [4.78, 5) is 33.1. The molecular formula is C25H27N3O2S. The number of amides is 2. The molecule has 6 heteroatoms. The molecule has 0 saturated carbocycles. The highest BCUT2D eigenvalue weighted by Crippen LogP contribution is 2.27. The summed E-state index contributed by atoms with van der Waals surface area (Å²) in [7, 11) is 0. The van der Waals surface area contributed by atoms with Crippen molar-refractivity contribution in [3.8, 4) is 11.1 Å². The monoisotopic (exact) mass is 433 g/mol. The fourth-order valence-electron chi connectivity index (χ4n) is 3.97. The van der Waals surface area contributed by atoms with Crippen LogP contribution in [0, 0.1) is 5.92 Å². The van der Waals surface area contributed by atoms with Crippen molar-refractivity contribution in [1.29, 1.82) is 0 Å². The molecule has 0 bridgehead atoms. The van der Waals surface area contributed by atoms with E-state index in [1.165, 1.54) is 4.88 Å². The van der Waals surface area contributed by atoms with Crippen LogP contribution in [-0.4, -0.2) is 41.3 Å². The predicted molar refractivity (Wildman–Crippen MR) is 124 cm³/mol. The Morgan fingerprint density at radius 3 is 2.74 bits per heavy atom. The molecule has 1 atom stereocenters. The molecule has 1 fully saturated rings. The lowest BCUT2D eigenvalue weighted by atomic mass is 9.91. The maximum absolute atomic E-state index is 13.2. The molecule has 160 valence electrons. The topological polar surface area (TPSA) is 62.3 Å². The first-order valence-electron chi connectivity index (χ1n) is 10.7. The average Bonchev–Trinajstić information content (AvgIpc) is 3.21. The van der Waals surface area contributed by atoms with E-state index < -0.39 is 0 Å². The van der Waals surface area contributed by atoms with Crippen LogP contribution in [0.25, 0.3) is 11.1 Å². The molecule has 31 heavy (non-hydrogen) atoms. The first-order chi connectivity index (χ1) is 15.0. The first kappa shape index (κ1) is 21.2. The number of hydrogen-bond donors (Lipinski definition) is 1. The Kier molecular flexibility index (Phi) is 6.47. The summed E-state index contributed by atoms with van der Waals surface area (Å²) in [5.41, 5.74) is 3.99. The highest BCUT2D eigenvalue weighted by molar-refractivity contribution is 7.10. The Bertz CT molecular complexity index is 1060. The molecule has 2 aromatic heterocycles. The maximum atomic E-state index is 13.2. The summed E-state index contributed by atoms with van der Waals surface area (Å²) >= 11 is 1.62. The summed E-state index contributed by atoms with van der Waals surface area (Å²) in [6.07, 6.45) is 4.13. The molecule has 3 aromatic rings. The van der Waals surface area contributed by atoms with Crippen LogP contribution in [0.5, 0.6) is 0 Å². The van der Waals surface area contributed by atoms with Crippen molar-refractivity contribution < 1.29 is 9.59 Å². The van der Waals surface area contributed by atoms with Gasteiger partial charge in [0, 0.05) is 42.3 Å². The van der Waals surface area contributed by atoms with Gasteiger partial charge in [-0.2, -0.15) is 0 Å². The summed E-state index contributed by atoms with van der Waals surface area (Å²) < 4.78 is 0. The van der Waals surface area contributed by atoms with Crippen molar-refractivity contribution in [2.75, 3.05) is 19.6 Å². The number of carbonyl (C=O) groups is 2. The molecular weight excluding hydrogens is 406 g/mol. The van der Waals surface area contributed by atoms with Crippen molar-refractivity contribution in [3.63, 3.8) is 0 Å². The highest BCUT2D eigenvalue weighted by atomic mass is 32.1. The van der Waals surface area contributed by atoms with E-state index in [4.69, 9.17) is 0 Å². The number of thiophene rings is 1. The predicted octanol–water partition coefficient (Wildman–Crippen LogP) is 4.36. The fraction of sp³-hybridized carbons (Fsp3) is 0.320. The van der Waals surface area contributed by atoms with Gasteiger partial charge in [-0.25, -0.2) is 0 Å². The van der Waals surface area contributed by atoms with E-state index in [1.807, 2.05) is 40.6 Å². The number of hydrogen-bond acceptors (Lipinski definition) is 4. The van der Waals surface area contributed by atoms with Gasteiger partial charge in [-0.15, -0.1) is 11.3 Å². The molecule has 0 spiro atoms. The molecule has 5 nitrogen and oxygen atoms in total. The van der Waals surface area contributed by atoms with E-state index in [2.05, 4.69) is 36.3 Å². The quantitative estimate of drug-likeness (QED) is 0.650. The van der Waals surface area contributed by atoms with E-state index >= 15 is 0 Å². The molecule has 1 aliphatic rings. The van der Waals surface area contributed by atoms with E-state index in [0.29, 0.717) is 32.0 Å². The molecule has 2 amide bonds. The molecule has 1 saturated heterocycles. The van der Waals surface area contributed by atoms with Gasteiger partial charge in [0.1, 0.15) is 0 Å². The number of nitrogens with zero attached hydrogens (tertiary/aromatic N) is 2. The minimum Gasteiger partial charge on any atom is -0.354 e. The van der Waals surface area contributed by atoms with E-state index in [1.54, 1.807) is 23.7 Å². The molecule has 0 radical (unpaired) electrons.